The Labute approximate surface area is 178 Å². The highest BCUT2D eigenvalue weighted by Crippen LogP contribution is 2.39. The van der Waals surface area contributed by atoms with E-state index in [0.717, 1.165) is 5.56 Å². The maximum absolute atomic E-state index is 12.8. The number of allylic oxidation sites excluding steroid dienone is 1. The third-order valence-corrected chi connectivity index (χ3v) is 4.93. The Bertz CT molecular complexity index is 1200. The summed E-state index contributed by atoms with van der Waals surface area (Å²) in [5, 5.41) is 0.441. The lowest BCUT2D eigenvalue weighted by Crippen LogP contribution is -2.09. The van der Waals surface area contributed by atoms with Gasteiger partial charge in [-0.15, -0.1) is 0 Å². The molecule has 4 rings (SSSR count). The van der Waals surface area contributed by atoms with E-state index in [1.807, 2.05) is 18.2 Å². The summed E-state index contributed by atoms with van der Waals surface area (Å²) in [6, 6.07) is 17.0. The van der Waals surface area contributed by atoms with E-state index < -0.39 is 5.97 Å². The van der Waals surface area contributed by atoms with Crippen LogP contribution in [0, 0.1) is 6.92 Å². The summed E-state index contributed by atoms with van der Waals surface area (Å²) in [5.74, 6) is 0.790. The minimum atomic E-state index is -0.544. The smallest absolute Gasteiger partial charge is 0.343 e. The lowest BCUT2D eigenvalue weighted by atomic mass is 10.1. The van der Waals surface area contributed by atoms with E-state index in [9.17, 15) is 9.59 Å². The molecule has 3 aromatic rings. The first-order valence-electron chi connectivity index (χ1n) is 9.16. The lowest BCUT2D eigenvalue weighted by Gasteiger charge is -2.10. The number of esters is 1. The highest BCUT2D eigenvalue weighted by Gasteiger charge is 2.30. The zero-order chi connectivity index (χ0) is 21.3. The van der Waals surface area contributed by atoms with Gasteiger partial charge in [-0.3, -0.25) is 4.79 Å². The van der Waals surface area contributed by atoms with E-state index >= 15 is 0 Å². The number of ether oxygens (including phenoxy) is 3. The van der Waals surface area contributed by atoms with Gasteiger partial charge in [0.1, 0.15) is 17.2 Å². The van der Waals surface area contributed by atoms with Crippen LogP contribution in [0.3, 0.4) is 0 Å². The molecule has 0 unspecified atom stereocenters. The first-order valence-corrected chi connectivity index (χ1v) is 9.53. The number of carbonyl (C=O) groups is 2. The normalized spacial score (nSPS) is 13.7. The van der Waals surface area contributed by atoms with Gasteiger partial charge in [0.15, 0.2) is 5.76 Å². The molecule has 1 aliphatic heterocycles. The Balaban J connectivity index is 1.61. The van der Waals surface area contributed by atoms with E-state index in [2.05, 4.69) is 0 Å². The van der Waals surface area contributed by atoms with Gasteiger partial charge in [-0.1, -0.05) is 29.8 Å². The van der Waals surface area contributed by atoms with Crippen LogP contribution in [0.15, 0.2) is 66.4 Å². The van der Waals surface area contributed by atoms with E-state index in [1.165, 1.54) is 6.07 Å². The summed E-state index contributed by atoms with van der Waals surface area (Å²) in [4.78, 5) is 25.2. The summed E-state index contributed by atoms with van der Waals surface area (Å²) in [5.41, 5.74) is 2.09. The van der Waals surface area contributed by atoms with Crippen LogP contribution in [0.4, 0.5) is 0 Å². The molecule has 1 heterocycles. The quantitative estimate of drug-likeness (QED) is 0.317. The second-order valence-corrected chi connectivity index (χ2v) is 7.12. The molecule has 0 radical (unpaired) electrons. The fourth-order valence-electron chi connectivity index (χ4n) is 3.14. The molecule has 0 N–H and O–H groups in total. The fourth-order valence-corrected chi connectivity index (χ4v) is 3.33. The molecule has 0 fully saturated rings. The molecular formula is C24H17ClO5. The number of methoxy groups -OCH3 is 1. The van der Waals surface area contributed by atoms with Crippen molar-refractivity contribution >= 4 is 29.4 Å². The standard InChI is InChI=1S/C24H17ClO5/c1-14-20(30-24(27)16-6-4-7-17(25)13-16)10-9-19-22(26)21(29-23(14)19)12-15-5-3-8-18(11-15)28-2/h3-13H,1-2H3/b21-12-. The van der Waals surface area contributed by atoms with E-state index in [-0.39, 0.29) is 11.5 Å². The van der Waals surface area contributed by atoms with Crippen molar-refractivity contribution < 1.29 is 23.8 Å². The Hall–Kier alpha value is -3.57. The first-order chi connectivity index (χ1) is 14.5. The summed E-state index contributed by atoms with van der Waals surface area (Å²) < 4.78 is 16.6. The Morgan fingerprint density at radius 1 is 1.07 bits per heavy atom. The van der Waals surface area contributed by atoms with Crippen LogP contribution in [0.2, 0.25) is 5.02 Å². The van der Waals surface area contributed by atoms with Gasteiger partial charge in [0.25, 0.3) is 0 Å². The zero-order valence-electron chi connectivity index (χ0n) is 16.3. The maximum Gasteiger partial charge on any atom is 0.343 e. The lowest BCUT2D eigenvalue weighted by molar-refractivity contribution is 0.0733. The Kier molecular flexibility index (Phi) is 5.29. The predicted molar refractivity (Wildman–Crippen MR) is 114 cm³/mol. The van der Waals surface area contributed by atoms with E-state index in [1.54, 1.807) is 56.5 Å². The fraction of sp³-hybridized carbons (Fsp3) is 0.0833. The number of carbonyl (C=O) groups excluding carboxylic acids is 2. The van der Waals surface area contributed by atoms with Crippen LogP contribution >= 0.6 is 11.6 Å². The van der Waals surface area contributed by atoms with E-state index in [4.69, 9.17) is 25.8 Å². The molecule has 0 spiro atoms. The van der Waals surface area contributed by atoms with Gasteiger partial charge in [-0.2, -0.15) is 0 Å². The largest absolute Gasteiger partial charge is 0.497 e. The number of benzene rings is 3. The summed E-state index contributed by atoms with van der Waals surface area (Å²) >= 11 is 5.94. The molecule has 150 valence electrons. The third kappa shape index (κ3) is 3.80. The molecule has 0 saturated heterocycles. The number of hydrogen-bond acceptors (Lipinski definition) is 5. The SMILES string of the molecule is COc1cccc(/C=C2\Oc3c(ccc(OC(=O)c4cccc(Cl)c4)c3C)C2=O)c1. The number of Topliss-reactive ketones (excluding diaryl/α,β-unsaturated/α-hetero) is 1. The second kappa shape index (κ2) is 8.05. The minimum absolute atomic E-state index is 0.194. The molecule has 0 saturated carbocycles. The van der Waals surface area contributed by atoms with Crippen molar-refractivity contribution in [3.8, 4) is 17.2 Å². The van der Waals surface area contributed by atoms with E-state index in [0.29, 0.717) is 39.0 Å². The number of halogens is 1. The number of hydrogen-bond donors (Lipinski definition) is 0. The van der Waals surface area contributed by atoms with Gasteiger partial charge in [0, 0.05) is 10.6 Å². The van der Waals surface area contributed by atoms with Crippen molar-refractivity contribution in [2.24, 2.45) is 0 Å². The highest BCUT2D eigenvalue weighted by molar-refractivity contribution is 6.30. The van der Waals surface area contributed by atoms with Crippen molar-refractivity contribution in [1.29, 1.82) is 0 Å². The summed E-state index contributed by atoms with van der Waals surface area (Å²) in [6.45, 7) is 1.74. The Morgan fingerprint density at radius 3 is 2.63 bits per heavy atom. The average molecular weight is 421 g/mol. The average Bonchev–Trinajstić information content (AvgIpc) is 3.06. The molecule has 6 heteroatoms. The van der Waals surface area contributed by atoms with Crippen LogP contribution in [0.1, 0.15) is 31.8 Å². The zero-order valence-corrected chi connectivity index (χ0v) is 17.0. The number of rotatable bonds is 4. The van der Waals surface area contributed by atoms with Gasteiger partial charge in [0.05, 0.1) is 18.2 Å². The molecule has 0 aromatic heterocycles. The van der Waals surface area contributed by atoms with Gasteiger partial charge in [-0.05, 0) is 61.0 Å². The molecule has 3 aromatic carbocycles. The van der Waals surface area contributed by atoms with Crippen molar-refractivity contribution in [3.05, 3.63) is 93.7 Å². The van der Waals surface area contributed by atoms with Gasteiger partial charge in [0.2, 0.25) is 5.78 Å². The van der Waals surface area contributed by atoms with Crippen molar-refractivity contribution in [2.75, 3.05) is 7.11 Å². The molecule has 0 atom stereocenters. The molecule has 0 aliphatic carbocycles. The van der Waals surface area contributed by atoms with Crippen LogP contribution in [-0.4, -0.2) is 18.9 Å². The van der Waals surface area contributed by atoms with Crippen molar-refractivity contribution in [3.63, 3.8) is 0 Å². The van der Waals surface area contributed by atoms with Crippen LogP contribution < -0.4 is 14.2 Å². The molecule has 0 amide bonds. The van der Waals surface area contributed by atoms with Gasteiger partial charge < -0.3 is 14.2 Å². The molecular weight excluding hydrogens is 404 g/mol. The highest BCUT2D eigenvalue weighted by atomic mass is 35.5. The molecule has 0 bridgehead atoms. The van der Waals surface area contributed by atoms with Gasteiger partial charge >= 0.3 is 5.97 Å². The third-order valence-electron chi connectivity index (χ3n) is 4.69. The van der Waals surface area contributed by atoms with Gasteiger partial charge in [-0.25, -0.2) is 4.79 Å². The first kappa shape index (κ1) is 19.7. The predicted octanol–water partition coefficient (Wildman–Crippen LogP) is 5.49. The molecule has 1 aliphatic rings. The molecule has 30 heavy (non-hydrogen) atoms. The second-order valence-electron chi connectivity index (χ2n) is 6.68. The van der Waals surface area contributed by atoms with Crippen LogP contribution in [-0.2, 0) is 0 Å². The molecule has 5 nitrogen and oxygen atoms in total. The Morgan fingerprint density at radius 2 is 1.87 bits per heavy atom. The van der Waals surface area contributed by atoms with Crippen LogP contribution in [0.5, 0.6) is 17.2 Å². The number of ketones is 1. The number of fused-ring (bicyclic) bond motifs is 1. The van der Waals surface area contributed by atoms with Crippen LogP contribution in [0.25, 0.3) is 6.08 Å². The van der Waals surface area contributed by atoms with Crippen molar-refractivity contribution in [2.45, 2.75) is 6.92 Å². The minimum Gasteiger partial charge on any atom is -0.497 e. The summed E-state index contributed by atoms with van der Waals surface area (Å²) in [7, 11) is 1.58. The summed E-state index contributed by atoms with van der Waals surface area (Å²) in [6.07, 6.45) is 1.65. The van der Waals surface area contributed by atoms with Crippen molar-refractivity contribution in [1.82, 2.24) is 0 Å². The topological polar surface area (TPSA) is 61.8 Å². The maximum atomic E-state index is 12.8. The monoisotopic (exact) mass is 420 g/mol.